The maximum atomic E-state index is 5.68. The molecule has 0 atom stereocenters. The Labute approximate surface area is 129 Å². The Morgan fingerprint density at radius 3 is 2.38 bits per heavy atom. The van der Waals surface area contributed by atoms with Gasteiger partial charge < -0.3 is 9.26 Å². The molecule has 0 amide bonds. The third kappa shape index (κ3) is 6.73. The molecule has 0 N–H and O–H groups in total. The van der Waals surface area contributed by atoms with Crippen LogP contribution in [0.1, 0.15) is 26.3 Å². The smallest absolute Gasteiger partial charge is 0.286 e. The van der Waals surface area contributed by atoms with Crippen molar-refractivity contribution in [3.8, 4) is 0 Å². The second-order valence-corrected chi connectivity index (χ2v) is 11.2. The van der Waals surface area contributed by atoms with E-state index in [0.29, 0.717) is 13.2 Å². The fraction of sp³-hybridized carbons (Fsp3) is 0.471. The number of oxime groups is 1. The van der Waals surface area contributed by atoms with Gasteiger partial charge in [-0.3, -0.25) is 0 Å². The molecular formula is C17H27NO2Si. The highest BCUT2D eigenvalue weighted by Gasteiger charge is 2.39. The number of benzene rings is 1. The van der Waals surface area contributed by atoms with Crippen molar-refractivity contribution in [1.82, 2.24) is 0 Å². The van der Waals surface area contributed by atoms with Crippen molar-refractivity contribution in [2.45, 2.75) is 38.9 Å². The summed E-state index contributed by atoms with van der Waals surface area (Å²) in [7, 11) is -1.79. The molecule has 0 bridgehead atoms. The Balaban J connectivity index is 2.20. The summed E-state index contributed by atoms with van der Waals surface area (Å²) >= 11 is 0. The number of hydrogen-bond donors (Lipinski definition) is 0. The normalized spacial score (nSPS) is 13.2. The van der Waals surface area contributed by atoms with Crippen molar-refractivity contribution in [1.29, 1.82) is 0 Å². The number of hydrogen-bond acceptors (Lipinski definition) is 3. The lowest BCUT2D eigenvalue weighted by molar-refractivity contribution is 0.203. The van der Waals surface area contributed by atoms with Crippen LogP contribution in [0.4, 0.5) is 0 Å². The van der Waals surface area contributed by atoms with Gasteiger partial charge in [0.25, 0.3) is 8.32 Å². The van der Waals surface area contributed by atoms with Gasteiger partial charge in [-0.15, -0.1) is 5.16 Å². The molecule has 0 unspecified atom stereocenters. The van der Waals surface area contributed by atoms with E-state index in [0.717, 1.165) is 0 Å². The molecular weight excluding hydrogens is 278 g/mol. The van der Waals surface area contributed by atoms with Crippen LogP contribution in [0.15, 0.2) is 41.6 Å². The lowest BCUT2D eigenvalue weighted by Crippen LogP contribution is -2.39. The summed E-state index contributed by atoms with van der Waals surface area (Å²) in [6.45, 7) is 12.0. The topological polar surface area (TPSA) is 30.8 Å². The lowest BCUT2D eigenvalue weighted by Gasteiger charge is -2.33. The first-order valence-corrected chi connectivity index (χ1v) is 10.2. The molecule has 3 nitrogen and oxygen atoms in total. The average molecular weight is 305 g/mol. The van der Waals surface area contributed by atoms with Gasteiger partial charge >= 0.3 is 0 Å². The Bertz CT molecular complexity index is 461. The van der Waals surface area contributed by atoms with Crippen molar-refractivity contribution in [3.63, 3.8) is 0 Å². The fourth-order valence-corrected chi connectivity index (χ4v) is 1.89. The number of ether oxygens (including phenoxy) is 1. The van der Waals surface area contributed by atoms with Gasteiger partial charge in [0.2, 0.25) is 0 Å². The number of rotatable bonds is 7. The van der Waals surface area contributed by atoms with Gasteiger partial charge in [-0.1, -0.05) is 63.3 Å². The summed E-state index contributed by atoms with van der Waals surface area (Å²) in [6.07, 6.45) is 5.73. The molecule has 21 heavy (non-hydrogen) atoms. The lowest BCUT2D eigenvalue weighted by atomic mass is 10.2. The van der Waals surface area contributed by atoms with Crippen LogP contribution in [0, 0.1) is 0 Å². The van der Waals surface area contributed by atoms with E-state index in [-0.39, 0.29) is 5.04 Å². The zero-order chi connectivity index (χ0) is 15.8. The summed E-state index contributed by atoms with van der Waals surface area (Å²) < 4.78 is 11.1. The van der Waals surface area contributed by atoms with E-state index in [2.05, 4.69) is 51.2 Å². The Morgan fingerprint density at radius 2 is 1.76 bits per heavy atom. The van der Waals surface area contributed by atoms with Crippen LogP contribution in [-0.4, -0.2) is 27.7 Å². The van der Waals surface area contributed by atoms with E-state index in [1.807, 2.05) is 30.4 Å². The maximum absolute atomic E-state index is 5.68. The maximum Gasteiger partial charge on any atom is 0.286 e. The molecule has 0 saturated carbocycles. The molecule has 0 saturated heterocycles. The van der Waals surface area contributed by atoms with E-state index < -0.39 is 8.32 Å². The quantitative estimate of drug-likeness (QED) is 0.316. The van der Waals surface area contributed by atoms with Crippen LogP contribution >= 0.6 is 0 Å². The van der Waals surface area contributed by atoms with Gasteiger partial charge in [-0.05, 0) is 23.7 Å². The third-order valence-corrected chi connectivity index (χ3v) is 7.85. The fourth-order valence-electron chi connectivity index (χ4n) is 1.27. The van der Waals surface area contributed by atoms with Crippen LogP contribution in [0.25, 0.3) is 6.08 Å². The zero-order valence-corrected chi connectivity index (χ0v) is 14.8. The van der Waals surface area contributed by atoms with Crippen LogP contribution in [-0.2, 0) is 9.26 Å². The first kappa shape index (κ1) is 17.7. The van der Waals surface area contributed by atoms with E-state index in [4.69, 9.17) is 9.26 Å². The highest BCUT2D eigenvalue weighted by molar-refractivity contribution is 6.74. The summed E-state index contributed by atoms with van der Waals surface area (Å²) in [6, 6.07) is 10.2. The average Bonchev–Trinajstić information content (AvgIpc) is 2.41. The predicted octanol–water partition coefficient (Wildman–Crippen LogP) is 4.72. The highest BCUT2D eigenvalue weighted by atomic mass is 28.4. The zero-order valence-electron chi connectivity index (χ0n) is 13.8. The van der Waals surface area contributed by atoms with Crippen molar-refractivity contribution in [2.75, 3.05) is 13.2 Å². The molecule has 0 fully saturated rings. The van der Waals surface area contributed by atoms with Crippen LogP contribution in [0.5, 0.6) is 0 Å². The van der Waals surface area contributed by atoms with Crippen molar-refractivity contribution in [3.05, 3.63) is 42.0 Å². The summed E-state index contributed by atoms with van der Waals surface area (Å²) in [5.41, 5.74) is 1.18. The molecule has 116 valence electrons. The van der Waals surface area contributed by atoms with Crippen LogP contribution < -0.4 is 0 Å². The molecule has 0 spiro atoms. The second kappa shape index (κ2) is 8.15. The first-order valence-electron chi connectivity index (χ1n) is 7.32. The van der Waals surface area contributed by atoms with Crippen molar-refractivity contribution in [2.24, 2.45) is 5.16 Å². The van der Waals surface area contributed by atoms with Gasteiger partial charge in [0, 0.05) is 0 Å². The minimum absolute atomic E-state index is 0.170. The van der Waals surface area contributed by atoms with E-state index in [1.165, 1.54) is 5.56 Å². The molecule has 0 heterocycles. The minimum Gasteiger partial charge on any atom is -0.455 e. The largest absolute Gasteiger partial charge is 0.455 e. The van der Waals surface area contributed by atoms with Crippen molar-refractivity contribution >= 4 is 20.6 Å². The van der Waals surface area contributed by atoms with E-state index in [9.17, 15) is 0 Å². The Morgan fingerprint density at radius 1 is 1.10 bits per heavy atom. The summed E-state index contributed by atoms with van der Waals surface area (Å²) in [5, 5.41) is 4.22. The second-order valence-electron chi connectivity index (χ2n) is 6.49. The molecule has 1 aromatic carbocycles. The minimum atomic E-state index is -1.79. The van der Waals surface area contributed by atoms with Gasteiger partial charge in [0.05, 0.1) is 19.4 Å². The predicted molar refractivity (Wildman–Crippen MR) is 93.1 cm³/mol. The standard InChI is InChI=1S/C17H27NO2Si/c1-17(2,3)21(4,5)20-18-13-15-19-14-9-12-16-10-7-6-8-11-16/h6-13H,14-15H2,1-5H3/b12-9-,18-13+. The molecule has 0 aliphatic carbocycles. The third-order valence-electron chi connectivity index (χ3n) is 3.68. The Kier molecular flexibility index (Phi) is 6.85. The molecule has 0 aliphatic rings. The van der Waals surface area contributed by atoms with Crippen molar-refractivity contribution < 1.29 is 9.26 Å². The monoisotopic (exact) mass is 305 g/mol. The molecule has 0 aliphatic heterocycles. The molecule has 0 aromatic heterocycles. The van der Waals surface area contributed by atoms with E-state index in [1.54, 1.807) is 6.21 Å². The molecule has 4 heteroatoms. The van der Waals surface area contributed by atoms with Gasteiger partial charge in [0.15, 0.2) is 0 Å². The van der Waals surface area contributed by atoms with Crippen LogP contribution in [0.3, 0.4) is 0 Å². The molecule has 0 radical (unpaired) electrons. The SMILES string of the molecule is CC(C)(C)[Si](C)(C)O/N=C/COC/C=C\c1ccccc1. The first-order chi connectivity index (χ1) is 9.83. The number of nitrogens with zero attached hydrogens (tertiary/aromatic N) is 1. The molecule has 1 rings (SSSR count). The van der Waals surface area contributed by atoms with E-state index >= 15 is 0 Å². The summed E-state index contributed by atoms with van der Waals surface area (Å²) in [4.78, 5) is 0. The summed E-state index contributed by atoms with van der Waals surface area (Å²) in [5.74, 6) is 0. The van der Waals surface area contributed by atoms with Gasteiger partial charge in [-0.25, -0.2) is 0 Å². The van der Waals surface area contributed by atoms with Gasteiger partial charge in [-0.2, -0.15) is 0 Å². The highest BCUT2D eigenvalue weighted by Crippen LogP contribution is 2.36. The Hall–Kier alpha value is -1.39. The molecule has 1 aromatic rings. The van der Waals surface area contributed by atoms with Crippen LogP contribution in [0.2, 0.25) is 18.1 Å². The van der Waals surface area contributed by atoms with Gasteiger partial charge in [0.1, 0.15) is 0 Å².